The normalized spacial score (nSPS) is 17.8. The zero-order valence-corrected chi connectivity index (χ0v) is 17.3. The van der Waals surface area contributed by atoms with Crippen molar-refractivity contribution in [2.24, 2.45) is 5.92 Å². The van der Waals surface area contributed by atoms with Crippen LogP contribution in [0.4, 0.5) is 0 Å². The van der Waals surface area contributed by atoms with Gasteiger partial charge in [0, 0.05) is 19.6 Å². The molecule has 0 radical (unpaired) electrons. The van der Waals surface area contributed by atoms with E-state index in [9.17, 15) is 13.2 Å². The highest BCUT2D eigenvalue weighted by Gasteiger charge is 2.29. The highest BCUT2D eigenvalue weighted by molar-refractivity contribution is 8.00. The van der Waals surface area contributed by atoms with Crippen LogP contribution in [0.5, 0.6) is 0 Å². The molecule has 146 valence electrons. The molecule has 1 heterocycles. The van der Waals surface area contributed by atoms with Crippen LogP contribution in [0, 0.1) is 5.92 Å². The van der Waals surface area contributed by atoms with E-state index in [1.54, 1.807) is 40.3 Å². The summed E-state index contributed by atoms with van der Waals surface area (Å²) < 4.78 is 26.8. The van der Waals surface area contributed by atoms with Crippen LogP contribution < -0.4 is 5.32 Å². The van der Waals surface area contributed by atoms with Crippen LogP contribution in [0.2, 0.25) is 0 Å². The minimum absolute atomic E-state index is 0.0277. The molecular weight excluding hydrogens is 368 g/mol. The fraction of sp³-hybridized carbons (Fsp3) is 0.632. The number of amides is 1. The van der Waals surface area contributed by atoms with Crippen molar-refractivity contribution in [3.63, 3.8) is 0 Å². The van der Waals surface area contributed by atoms with Gasteiger partial charge in [-0.25, -0.2) is 8.42 Å². The van der Waals surface area contributed by atoms with Gasteiger partial charge in [-0.05, 0) is 50.0 Å². The molecule has 1 unspecified atom stereocenters. The maximum absolute atomic E-state index is 12.6. The number of carbonyl (C=O) groups is 1. The van der Waals surface area contributed by atoms with E-state index in [4.69, 9.17) is 0 Å². The average molecular weight is 399 g/mol. The molecule has 1 aromatic carbocycles. The third kappa shape index (κ3) is 5.99. The molecule has 0 saturated carbocycles. The molecule has 1 aromatic rings. The summed E-state index contributed by atoms with van der Waals surface area (Å²) in [6, 6.07) is 8.58. The molecular formula is C19H30N2O3S2. The second-order valence-corrected chi connectivity index (χ2v) is 10.2. The smallest absolute Gasteiger partial charge is 0.243 e. The summed E-state index contributed by atoms with van der Waals surface area (Å²) in [5, 5.41) is 3.01. The van der Waals surface area contributed by atoms with Crippen LogP contribution in [0.15, 0.2) is 35.2 Å². The number of carbonyl (C=O) groups excluding carboxylic acids is 1. The van der Waals surface area contributed by atoms with Crippen molar-refractivity contribution < 1.29 is 13.2 Å². The van der Waals surface area contributed by atoms with Crippen molar-refractivity contribution in [2.75, 3.05) is 25.4 Å². The Morgan fingerprint density at radius 1 is 1.27 bits per heavy atom. The van der Waals surface area contributed by atoms with Crippen molar-refractivity contribution in [1.29, 1.82) is 0 Å². The number of piperidine rings is 1. The van der Waals surface area contributed by atoms with Crippen LogP contribution in [-0.4, -0.2) is 49.3 Å². The van der Waals surface area contributed by atoms with Crippen molar-refractivity contribution in [3.05, 3.63) is 30.3 Å². The predicted molar refractivity (Wildman–Crippen MR) is 108 cm³/mol. The van der Waals surface area contributed by atoms with Gasteiger partial charge >= 0.3 is 0 Å². The minimum atomic E-state index is -3.40. The Morgan fingerprint density at radius 2 is 1.92 bits per heavy atom. The molecule has 5 nitrogen and oxygen atoms in total. The number of thioether (sulfide) groups is 1. The topological polar surface area (TPSA) is 66.5 Å². The van der Waals surface area contributed by atoms with Crippen molar-refractivity contribution >= 4 is 27.7 Å². The van der Waals surface area contributed by atoms with Crippen molar-refractivity contribution in [1.82, 2.24) is 9.62 Å². The number of hydrogen-bond donors (Lipinski definition) is 1. The highest BCUT2D eigenvalue weighted by atomic mass is 32.2. The van der Waals surface area contributed by atoms with E-state index in [2.05, 4.69) is 12.2 Å². The van der Waals surface area contributed by atoms with Crippen LogP contribution in [0.25, 0.3) is 0 Å². The molecule has 1 saturated heterocycles. The molecule has 2 rings (SSSR count). The number of nitrogens with one attached hydrogen (secondary N) is 1. The fourth-order valence-electron chi connectivity index (χ4n) is 2.96. The summed E-state index contributed by atoms with van der Waals surface area (Å²) in [6.45, 7) is 5.76. The van der Waals surface area contributed by atoms with Crippen molar-refractivity contribution in [2.45, 2.75) is 49.7 Å². The second-order valence-electron chi connectivity index (χ2n) is 6.77. The minimum Gasteiger partial charge on any atom is -0.355 e. The van der Waals surface area contributed by atoms with Gasteiger partial charge in [0.25, 0.3) is 0 Å². The summed E-state index contributed by atoms with van der Waals surface area (Å²) in [5.41, 5.74) is 0. The van der Waals surface area contributed by atoms with Gasteiger partial charge < -0.3 is 5.32 Å². The van der Waals surface area contributed by atoms with E-state index >= 15 is 0 Å². The maximum atomic E-state index is 12.6. The molecule has 1 N–H and O–H groups in total. The second kappa shape index (κ2) is 10.3. The molecule has 7 heteroatoms. The lowest BCUT2D eigenvalue weighted by Crippen LogP contribution is -2.42. The Labute approximate surface area is 162 Å². The Bertz CT molecular complexity index is 657. The number of benzene rings is 1. The van der Waals surface area contributed by atoms with Crippen LogP contribution in [0.1, 0.15) is 39.5 Å². The Kier molecular flexibility index (Phi) is 8.44. The molecule has 26 heavy (non-hydrogen) atoms. The van der Waals surface area contributed by atoms with Crippen LogP contribution in [-0.2, 0) is 14.8 Å². The Hall–Kier alpha value is -1.05. The largest absolute Gasteiger partial charge is 0.355 e. The Morgan fingerprint density at radius 3 is 2.54 bits per heavy atom. The number of nitrogens with zero attached hydrogens (tertiary/aromatic N) is 1. The lowest BCUT2D eigenvalue weighted by Gasteiger charge is -2.31. The lowest BCUT2D eigenvalue weighted by molar-refractivity contribution is -0.120. The van der Waals surface area contributed by atoms with Gasteiger partial charge in [-0.3, -0.25) is 4.79 Å². The zero-order valence-electron chi connectivity index (χ0n) is 15.7. The lowest BCUT2D eigenvalue weighted by atomic mass is 9.98. The van der Waals surface area contributed by atoms with Gasteiger partial charge in [-0.2, -0.15) is 4.31 Å². The summed E-state index contributed by atoms with van der Waals surface area (Å²) in [4.78, 5) is 12.5. The van der Waals surface area contributed by atoms with Gasteiger partial charge in [-0.15, -0.1) is 11.8 Å². The summed E-state index contributed by atoms with van der Waals surface area (Å²) >= 11 is 1.70. The molecule has 1 aliphatic rings. The maximum Gasteiger partial charge on any atom is 0.243 e. The van der Waals surface area contributed by atoms with E-state index < -0.39 is 10.0 Å². The molecule has 1 amide bonds. The summed E-state index contributed by atoms with van der Waals surface area (Å²) in [7, 11) is -3.40. The third-order valence-electron chi connectivity index (χ3n) is 4.75. The van der Waals surface area contributed by atoms with Gasteiger partial charge in [-0.1, -0.05) is 31.5 Å². The number of rotatable bonds is 9. The van der Waals surface area contributed by atoms with Gasteiger partial charge in [0.15, 0.2) is 0 Å². The van der Waals surface area contributed by atoms with Gasteiger partial charge in [0.05, 0.1) is 10.1 Å². The Balaban J connectivity index is 1.76. The van der Waals surface area contributed by atoms with E-state index in [0.717, 1.165) is 31.4 Å². The summed E-state index contributed by atoms with van der Waals surface area (Å²) in [6.07, 6.45) is 3.84. The van der Waals surface area contributed by atoms with Crippen LogP contribution in [0.3, 0.4) is 0 Å². The molecule has 0 spiro atoms. The number of sulfonamides is 1. The van der Waals surface area contributed by atoms with Crippen molar-refractivity contribution in [3.8, 4) is 0 Å². The van der Waals surface area contributed by atoms with Crippen LogP contribution >= 0.6 is 11.8 Å². The summed E-state index contributed by atoms with van der Waals surface area (Å²) in [5.74, 6) is 1.44. The average Bonchev–Trinajstić information content (AvgIpc) is 2.67. The van der Waals surface area contributed by atoms with E-state index in [1.807, 2.05) is 13.0 Å². The van der Waals surface area contributed by atoms with Gasteiger partial charge in [0.1, 0.15) is 0 Å². The van der Waals surface area contributed by atoms with E-state index in [-0.39, 0.29) is 11.2 Å². The number of unbranched alkanes of at least 4 members (excludes halogenated alkanes) is 1. The molecule has 1 aliphatic heterocycles. The first-order valence-corrected chi connectivity index (χ1v) is 11.9. The molecule has 0 aromatic heterocycles. The molecule has 1 atom stereocenters. The standard InChI is InChI=1S/C19H30N2O3S2/c1-3-4-14-25-16(2)19(22)20-15-17-10-12-21(13-11-17)26(23,24)18-8-6-5-7-9-18/h5-9,16-17H,3-4,10-15H2,1-2H3,(H,20,22). The fourth-order valence-corrected chi connectivity index (χ4v) is 5.50. The molecule has 1 fully saturated rings. The first kappa shape index (κ1) is 21.3. The third-order valence-corrected chi connectivity index (χ3v) is 7.91. The first-order valence-electron chi connectivity index (χ1n) is 9.39. The predicted octanol–water partition coefficient (Wildman–Crippen LogP) is 3.13. The first-order chi connectivity index (χ1) is 12.4. The van der Waals surface area contributed by atoms with Gasteiger partial charge in [0.2, 0.25) is 15.9 Å². The molecule has 0 aliphatic carbocycles. The molecule has 0 bridgehead atoms. The monoisotopic (exact) mass is 398 g/mol. The SMILES string of the molecule is CCCCSC(C)C(=O)NCC1CCN(S(=O)(=O)c2ccccc2)CC1. The number of hydrogen-bond acceptors (Lipinski definition) is 4. The highest BCUT2D eigenvalue weighted by Crippen LogP contribution is 2.23. The zero-order chi connectivity index (χ0) is 19.0. The van der Waals surface area contributed by atoms with E-state index in [0.29, 0.717) is 30.4 Å². The quantitative estimate of drug-likeness (QED) is 0.649. The van der Waals surface area contributed by atoms with E-state index in [1.165, 1.54) is 0 Å².